The first-order chi connectivity index (χ1) is 10.2. The molecule has 1 aromatic heterocycles. The molecule has 0 N–H and O–H groups in total. The van der Waals surface area contributed by atoms with Gasteiger partial charge in [-0.2, -0.15) is 10.2 Å². The van der Waals surface area contributed by atoms with E-state index < -0.39 is 0 Å². The van der Waals surface area contributed by atoms with Gasteiger partial charge in [0.15, 0.2) is 0 Å². The Bertz CT molecular complexity index is 769. The molecule has 5 rings (SSSR count). The molecule has 1 aromatic carbocycles. The summed E-state index contributed by atoms with van der Waals surface area (Å²) in [5, 5.41) is 9.28. The Kier molecular flexibility index (Phi) is 2.21. The molecule has 3 aliphatic rings. The molecule has 3 aliphatic carbocycles. The molecule has 1 heterocycles. The molecule has 2 aromatic rings. The van der Waals surface area contributed by atoms with Gasteiger partial charge in [0.2, 0.25) is 0 Å². The van der Waals surface area contributed by atoms with Crippen LogP contribution in [0.3, 0.4) is 0 Å². The van der Waals surface area contributed by atoms with Crippen molar-refractivity contribution in [3.8, 4) is 11.3 Å². The molecule has 2 nitrogen and oxygen atoms in total. The predicted octanol–water partition coefficient (Wildman–Crippen LogP) is 4.69. The molecule has 1 spiro atoms. The second-order valence-electron chi connectivity index (χ2n) is 6.61. The van der Waals surface area contributed by atoms with Crippen LogP contribution >= 0.6 is 11.6 Å². The maximum atomic E-state index is 13.2. The highest BCUT2D eigenvalue weighted by atomic mass is 35.5. The Hall–Kier alpha value is -1.48. The zero-order valence-corrected chi connectivity index (χ0v) is 12.2. The zero-order valence-electron chi connectivity index (χ0n) is 11.4. The first-order valence-corrected chi connectivity index (χ1v) is 7.90. The standard InChI is InChI=1S/C17H14ClFN2/c18-14-7-9(19)1-2-10(14)15-8-11-12-3-4-13(16(11)21-20-15)17(12)5-6-17/h1-2,7-8,12-13H,3-6H2/t12-,13+/m0/s1. The molecule has 2 fully saturated rings. The minimum atomic E-state index is -0.325. The Labute approximate surface area is 127 Å². The van der Waals surface area contributed by atoms with Crippen LogP contribution in [0, 0.1) is 11.2 Å². The van der Waals surface area contributed by atoms with Gasteiger partial charge >= 0.3 is 0 Å². The average molecular weight is 301 g/mol. The SMILES string of the molecule is Fc1ccc(-c2cc3c(nn2)[C@H]2CC[C@@H]3C23CC3)c(Cl)c1. The monoisotopic (exact) mass is 300 g/mol. The van der Waals surface area contributed by atoms with Gasteiger partial charge in [0.05, 0.1) is 16.4 Å². The normalized spacial score (nSPS) is 27.1. The van der Waals surface area contributed by atoms with Crippen molar-refractivity contribution in [2.24, 2.45) is 5.41 Å². The summed E-state index contributed by atoms with van der Waals surface area (Å²) in [5.74, 6) is 0.961. The summed E-state index contributed by atoms with van der Waals surface area (Å²) in [6.07, 6.45) is 5.22. The summed E-state index contributed by atoms with van der Waals surface area (Å²) >= 11 is 6.15. The number of halogens is 2. The smallest absolute Gasteiger partial charge is 0.124 e. The molecule has 2 bridgehead atoms. The van der Waals surface area contributed by atoms with Gasteiger partial charge in [0, 0.05) is 11.5 Å². The van der Waals surface area contributed by atoms with Crippen LogP contribution < -0.4 is 0 Å². The van der Waals surface area contributed by atoms with Gasteiger partial charge in [-0.05, 0) is 66.8 Å². The average Bonchev–Trinajstić information content (AvgIpc) is 3.12. The van der Waals surface area contributed by atoms with E-state index in [-0.39, 0.29) is 5.82 Å². The van der Waals surface area contributed by atoms with Crippen molar-refractivity contribution >= 4 is 11.6 Å². The largest absolute Gasteiger partial charge is 0.207 e. The van der Waals surface area contributed by atoms with Gasteiger partial charge in [0.1, 0.15) is 5.82 Å². The third kappa shape index (κ3) is 1.48. The van der Waals surface area contributed by atoms with Crippen molar-refractivity contribution in [1.82, 2.24) is 10.2 Å². The molecule has 106 valence electrons. The van der Waals surface area contributed by atoms with Gasteiger partial charge in [-0.25, -0.2) is 4.39 Å². The molecule has 0 aliphatic heterocycles. The van der Waals surface area contributed by atoms with E-state index in [1.807, 2.05) is 0 Å². The number of aromatic nitrogens is 2. The third-order valence-electron chi connectivity index (χ3n) is 5.73. The van der Waals surface area contributed by atoms with E-state index >= 15 is 0 Å². The summed E-state index contributed by atoms with van der Waals surface area (Å²) in [6, 6.07) is 6.59. The van der Waals surface area contributed by atoms with E-state index in [1.165, 1.54) is 49.1 Å². The summed E-state index contributed by atoms with van der Waals surface area (Å²) in [4.78, 5) is 0. The van der Waals surface area contributed by atoms with E-state index in [0.29, 0.717) is 22.3 Å². The predicted molar refractivity (Wildman–Crippen MR) is 78.8 cm³/mol. The van der Waals surface area contributed by atoms with Gasteiger partial charge in [0.25, 0.3) is 0 Å². The third-order valence-corrected chi connectivity index (χ3v) is 6.04. The second kappa shape index (κ2) is 3.83. The van der Waals surface area contributed by atoms with Crippen molar-refractivity contribution in [1.29, 1.82) is 0 Å². The molecule has 21 heavy (non-hydrogen) atoms. The number of hydrogen-bond acceptors (Lipinski definition) is 2. The van der Waals surface area contributed by atoms with Crippen molar-refractivity contribution in [3.63, 3.8) is 0 Å². The lowest BCUT2D eigenvalue weighted by atomic mass is 9.91. The minimum Gasteiger partial charge on any atom is -0.207 e. The maximum Gasteiger partial charge on any atom is 0.124 e. The summed E-state index contributed by atoms with van der Waals surface area (Å²) < 4.78 is 13.2. The Balaban J connectivity index is 1.64. The topological polar surface area (TPSA) is 25.8 Å². The first-order valence-electron chi connectivity index (χ1n) is 7.52. The highest BCUT2D eigenvalue weighted by molar-refractivity contribution is 6.33. The van der Waals surface area contributed by atoms with E-state index in [2.05, 4.69) is 16.3 Å². The molecule has 0 saturated heterocycles. The summed E-state index contributed by atoms with van der Waals surface area (Å²) in [7, 11) is 0. The van der Waals surface area contributed by atoms with Crippen molar-refractivity contribution in [3.05, 3.63) is 46.4 Å². The van der Waals surface area contributed by atoms with Gasteiger partial charge in [-0.3, -0.25) is 0 Å². The van der Waals surface area contributed by atoms with Crippen LogP contribution in [0.25, 0.3) is 11.3 Å². The van der Waals surface area contributed by atoms with Crippen molar-refractivity contribution < 1.29 is 4.39 Å². The number of nitrogens with zero attached hydrogens (tertiary/aromatic N) is 2. The molecule has 2 atom stereocenters. The lowest BCUT2D eigenvalue weighted by Crippen LogP contribution is -2.04. The molecule has 4 heteroatoms. The Morgan fingerprint density at radius 2 is 1.90 bits per heavy atom. The minimum absolute atomic E-state index is 0.325. The molecule has 0 unspecified atom stereocenters. The second-order valence-corrected chi connectivity index (χ2v) is 7.02. The Morgan fingerprint density at radius 3 is 2.67 bits per heavy atom. The molecule has 0 radical (unpaired) electrons. The number of rotatable bonds is 1. The van der Waals surface area contributed by atoms with Gasteiger partial charge in [-0.1, -0.05) is 11.6 Å². The van der Waals surface area contributed by atoms with E-state index in [1.54, 1.807) is 6.07 Å². The maximum absolute atomic E-state index is 13.2. The number of hydrogen-bond donors (Lipinski definition) is 0. The van der Waals surface area contributed by atoms with E-state index in [0.717, 1.165) is 11.3 Å². The van der Waals surface area contributed by atoms with E-state index in [9.17, 15) is 4.39 Å². The van der Waals surface area contributed by atoms with Crippen LogP contribution in [0.15, 0.2) is 24.3 Å². The van der Waals surface area contributed by atoms with Crippen LogP contribution in [-0.2, 0) is 0 Å². The quantitative estimate of drug-likeness (QED) is 0.763. The molecular weight excluding hydrogens is 287 g/mol. The zero-order chi connectivity index (χ0) is 14.2. The number of benzene rings is 1. The fourth-order valence-electron chi connectivity index (χ4n) is 4.66. The van der Waals surface area contributed by atoms with Crippen LogP contribution in [0.4, 0.5) is 4.39 Å². The number of fused-ring (bicyclic) bond motifs is 3. The molecular formula is C17H14ClFN2. The van der Waals surface area contributed by atoms with Crippen LogP contribution in [0.5, 0.6) is 0 Å². The van der Waals surface area contributed by atoms with Crippen LogP contribution in [-0.4, -0.2) is 10.2 Å². The first kappa shape index (κ1) is 12.1. The van der Waals surface area contributed by atoms with Gasteiger partial charge in [-0.15, -0.1) is 0 Å². The molecule has 0 amide bonds. The van der Waals surface area contributed by atoms with Gasteiger partial charge < -0.3 is 0 Å². The molecule has 2 saturated carbocycles. The lowest BCUT2D eigenvalue weighted by Gasteiger charge is -2.14. The highest BCUT2D eigenvalue weighted by Crippen LogP contribution is 2.75. The lowest BCUT2D eigenvalue weighted by molar-refractivity contribution is 0.456. The van der Waals surface area contributed by atoms with Crippen LogP contribution in [0.1, 0.15) is 48.8 Å². The van der Waals surface area contributed by atoms with Crippen LogP contribution in [0.2, 0.25) is 5.02 Å². The summed E-state index contributed by atoms with van der Waals surface area (Å²) in [5.41, 5.74) is 4.63. The Morgan fingerprint density at radius 1 is 1.10 bits per heavy atom. The summed E-state index contributed by atoms with van der Waals surface area (Å²) in [6.45, 7) is 0. The fourth-order valence-corrected chi connectivity index (χ4v) is 4.92. The highest BCUT2D eigenvalue weighted by Gasteiger charge is 2.64. The van der Waals surface area contributed by atoms with Crippen molar-refractivity contribution in [2.75, 3.05) is 0 Å². The van der Waals surface area contributed by atoms with Crippen molar-refractivity contribution in [2.45, 2.75) is 37.5 Å². The fraction of sp³-hybridized carbons (Fsp3) is 0.412. The van der Waals surface area contributed by atoms with E-state index in [4.69, 9.17) is 11.6 Å².